The van der Waals surface area contributed by atoms with Gasteiger partial charge in [0.05, 0.1) is 0 Å². The molecule has 128 valence electrons. The summed E-state index contributed by atoms with van der Waals surface area (Å²) in [5.41, 5.74) is 0.372. The van der Waals surface area contributed by atoms with Gasteiger partial charge in [-0.05, 0) is 37.1 Å². The van der Waals surface area contributed by atoms with E-state index in [1.54, 1.807) is 12.4 Å². The van der Waals surface area contributed by atoms with E-state index in [2.05, 4.69) is 10.3 Å². The van der Waals surface area contributed by atoms with Gasteiger partial charge in [-0.15, -0.1) is 11.3 Å². The van der Waals surface area contributed by atoms with Crippen LogP contribution in [0.5, 0.6) is 0 Å². The van der Waals surface area contributed by atoms with E-state index < -0.39 is 5.82 Å². The molecule has 1 aromatic heterocycles. The quantitative estimate of drug-likeness (QED) is 0.859. The van der Waals surface area contributed by atoms with Crippen LogP contribution in [-0.2, 0) is 4.79 Å². The number of hydrogen-bond acceptors (Lipinski definition) is 4. The van der Waals surface area contributed by atoms with Gasteiger partial charge in [-0.2, -0.15) is 0 Å². The predicted octanol–water partition coefficient (Wildman–Crippen LogP) is 3.93. The molecule has 2 amide bonds. The zero-order valence-corrected chi connectivity index (χ0v) is 14.7. The zero-order chi connectivity index (χ0) is 17.7. The summed E-state index contributed by atoms with van der Waals surface area (Å²) in [6.07, 6.45) is 1.53. The monoisotopic (exact) mass is 349 g/mol. The summed E-state index contributed by atoms with van der Waals surface area (Å²) in [4.78, 5) is 30.1. The maximum Gasteiger partial charge on any atom is 0.259 e. The fourth-order valence-corrected chi connectivity index (χ4v) is 2.96. The molecule has 7 heteroatoms. The van der Waals surface area contributed by atoms with Gasteiger partial charge in [0.2, 0.25) is 5.91 Å². The van der Waals surface area contributed by atoms with Crippen molar-refractivity contribution in [2.45, 2.75) is 26.7 Å². The van der Waals surface area contributed by atoms with Crippen LogP contribution < -0.4 is 10.2 Å². The van der Waals surface area contributed by atoms with Crippen molar-refractivity contribution in [1.82, 2.24) is 4.98 Å². The Labute approximate surface area is 144 Å². The van der Waals surface area contributed by atoms with Crippen molar-refractivity contribution in [3.05, 3.63) is 41.0 Å². The van der Waals surface area contributed by atoms with Gasteiger partial charge in [-0.25, -0.2) is 9.37 Å². The van der Waals surface area contributed by atoms with Crippen molar-refractivity contribution in [2.75, 3.05) is 17.3 Å². The second kappa shape index (κ2) is 8.01. The third-order valence-electron chi connectivity index (χ3n) is 3.78. The molecule has 0 aliphatic heterocycles. The van der Waals surface area contributed by atoms with E-state index >= 15 is 0 Å². The van der Waals surface area contributed by atoms with Crippen molar-refractivity contribution >= 4 is 34.1 Å². The fourth-order valence-electron chi connectivity index (χ4n) is 2.24. The molecule has 2 aromatic rings. The molecule has 1 N–H and O–H groups in total. The number of halogens is 1. The van der Waals surface area contributed by atoms with E-state index in [4.69, 9.17) is 0 Å². The number of nitrogens with one attached hydrogen (secondary N) is 1. The highest BCUT2D eigenvalue weighted by Crippen LogP contribution is 2.24. The Hall–Kier alpha value is -2.28. The molecule has 1 aromatic carbocycles. The standard InChI is InChI=1S/C17H20FN3O2S/c1-4-11(5-2)15(22)19-14-10-24-17(20-14)21(3)16(23)12-6-8-13(18)9-7-12/h6-11H,4-5H2,1-3H3,(H,19,22). The van der Waals surface area contributed by atoms with Crippen LogP contribution in [0.4, 0.5) is 15.3 Å². The Balaban J connectivity index is 2.07. The van der Waals surface area contributed by atoms with Gasteiger partial charge in [0.1, 0.15) is 11.6 Å². The Morgan fingerprint density at radius 3 is 2.46 bits per heavy atom. The van der Waals surface area contributed by atoms with E-state index in [0.717, 1.165) is 12.8 Å². The topological polar surface area (TPSA) is 62.3 Å². The molecule has 0 bridgehead atoms. The lowest BCUT2D eigenvalue weighted by molar-refractivity contribution is -0.120. The maximum atomic E-state index is 12.9. The second-order valence-electron chi connectivity index (χ2n) is 5.39. The van der Waals surface area contributed by atoms with Crippen LogP contribution in [-0.4, -0.2) is 23.8 Å². The summed E-state index contributed by atoms with van der Waals surface area (Å²) in [5.74, 6) is -0.360. The summed E-state index contributed by atoms with van der Waals surface area (Å²) in [6, 6.07) is 5.34. The molecule has 0 saturated heterocycles. The lowest BCUT2D eigenvalue weighted by atomic mass is 10.0. The minimum absolute atomic E-state index is 0.0475. The van der Waals surface area contributed by atoms with E-state index in [9.17, 15) is 14.0 Å². The van der Waals surface area contributed by atoms with Gasteiger partial charge in [0, 0.05) is 23.9 Å². The number of aromatic nitrogens is 1. The van der Waals surface area contributed by atoms with Crippen LogP contribution in [0, 0.1) is 11.7 Å². The minimum Gasteiger partial charge on any atom is -0.310 e. The first-order valence-electron chi connectivity index (χ1n) is 7.76. The molecule has 0 aliphatic rings. The highest BCUT2D eigenvalue weighted by molar-refractivity contribution is 7.14. The Morgan fingerprint density at radius 1 is 1.25 bits per heavy atom. The third kappa shape index (κ3) is 4.17. The number of amides is 2. The average Bonchev–Trinajstić information content (AvgIpc) is 3.03. The molecular weight excluding hydrogens is 329 g/mol. The van der Waals surface area contributed by atoms with Crippen LogP contribution in [0.15, 0.2) is 29.6 Å². The van der Waals surface area contributed by atoms with Crippen LogP contribution in [0.1, 0.15) is 37.0 Å². The molecule has 0 fully saturated rings. The van der Waals surface area contributed by atoms with Gasteiger partial charge in [-0.3, -0.25) is 14.5 Å². The number of thiazole rings is 1. The number of anilines is 2. The lowest BCUT2D eigenvalue weighted by Gasteiger charge is -2.14. The Kier molecular flexibility index (Phi) is 6.03. The maximum absolute atomic E-state index is 12.9. The van der Waals surface area contributed by atoms with E-state index in [0.29, 0.717) is 16.5 Å². The average molecular weight is 349 g/mol. The number of hydrogen-bond donors (Lipinski definition) is 1. The molecule has 0 aliphatic carbocycles. The third-order valence-corrected chi connectivity index (χ3v) is 4.70. The first-order valence-corrected chi connectivity index (χ1v) is 8.64. The molecule has 5 nitrogen and oxygen atoms in total. The number of benzene rings is 1. The predicted molar refractivity (Wildman–Crippen MR) is 93.9 cm³/mol. The molecule has 0 spiro atoms. The Bertz CT molecular complexity index is 711. The van der Waals surface area contributed by atoms with Crippen LogP contribution in [0.25, 0.3) is 0 Å². The second-order valence-corrected chi connectivity index (χ2v) is 6.23. The minimum atomic E-state index is -0.394. The van der Waals surface area contributed by atoms with Crippen LogP contribution in [0.2, 0.25) is 0 Å². The normalized spacial score (nSPS) is 10.7. The Morgan fingerprint density at radius 2 is 1.88 bits per heavy atom. The van der Waals surface area contributed by atoms with E-state index in [1.807, 2.05) is 13.8 Å². The lowest BCUT2D eigenvalue weighted by Crippen LogP contribution is -2.26. The van der Waals surface area contributed by atoms with Crippen molar-refractivity contribution in [2.24, 2.45) is 5.92 Å². The number of carbonyl (C=O) groups is 2. The molecule has 24 heavy (non-hydrogen) atoms. The summed E-state index contributed by atoms with van der Waals surface area (Å²) < 4.78 is 12.9. The number of carbonyl (C=O) groups excluding carboxylic acids is 2. The van der Waals surface area contributed by atoms with Gasteiger partial charge in [-0.1, -0.05) is 13.8 Å². The number of rotatable bonds is 6. The summed E-state index contributed by atoms with van der Waals surface area (Å²) in [5, 5.41) is 4.94. The van der Waals surface area contributed by atoms with Crippen molar-refractivity contribution in [1.29, 1.82) is 0 Å². The van der Waals surface area contributed by atoms with Crippen molar-refractivity contribution < 1.29 is 14.0 Å². The summed E-state index contributed by atoms with van der Waals surface area (Å²) in [6.45, 7) is 3.94. The first kappa shape index (κ1) is 18.1. The fraction of sp³-hybridized carbons (Fsp3) is 0.353. The molecule has 2 rings (SSSR count). The molecule has 0 unspecified atom stereocenters. The first-order chi connectivity index (χ1) is 11.5. The zero-order valence-electron chi connectivity index (χ0n) is 13.9. The van der Waals surface area contributed by atoms with Gasteiger partial charge in [0.15, 0.2) is 5.13 Å². The molecule has 0 saturated carbocycles. The highest BCUT2D eigenvalue weighted by atomic mass is 32.1. The van der Waals surface area contributed by atoms with Crippen molar-refractivity contribution in [3.8, 4) is 0 Å². The molecular formula is C17H20FN3O2S. The van der Waals surface area contributed by atoms with Gasteiger partial charge >= 0.3 is 0 Å². The molecule has 0 radical (unpaired) electrons. The van der Waals surface area contributed by atoms with Gasteiger partial charge in [0.25, 0.3) is 5.91 Å². The molecule has 0 atom stereocenters. The summed E-state index contributed by atoms with van der Waals surface area (Å²) >= 11 is 1.26. The van der Waals surface area contributed by atoms with Gasteiger partial charge < -0.3 is 5.32 Å². The van der Waals surface area contributed by atoms with Crippen LogP contribution >= 0.6 is 11.3 Å². The summed E-state index contributed by atoms with van der Waals surface area (Å²) in [7, 11) is 1.59. The van der Waals surface area contributed by atoms with E-state index in [-0.39, 0.29) is 17.7 Å². The largest absolute Gasteiger partial charge is 0.310 e. The highest BCUT2D eigenvalue weighted by Gasteiger charge is 2.19. The smallest absolute Gasteiger partial charge is 0.259 e. The van der Waals surface area contributed by atoms with Crippen molar-refractivity contribution in [3.63, 3.8) is 0 Å². The number of nitrogens with zero attached hydrogens (tertiary/aromatic N) is 2. The van der Waals surface area contributed by atoms with E-state index in [1.165, 1.54) is 40.5 Å². The van der Waals surface area contributed by atoms with Crippen LogP contribution in [0.3, 0.4) is 0 Å². The molecule has 1 heterocycles. The SMILES string of the molecule is CCC(CC)C(=O)Nc1csc(N(C)C(=O)c2ccc(F)cc2)n1.